The van der Waals surface area contributed by atoms with Crippen LogP contribution in [0.4, 0.5) is 0 Å². The van der Waals surface area contributed by atoms with E-state index in [1.165, 1.54) is 25.9 Å². The van der Waals surface area contributed by atoms with E-state index < -0.39 is 0 Å². The van der Waals surface area contributed by atoms with Crippen LogP contribution < -0.4 is 5.73 Å². The summed E-state index contributed by atoms with van der Waals surface area (Å²) >= 11 is 0. The fourth-order valence-corrected chi connectivity index (χ4v) is 3.93. The van der Waals surface area contributed by atoms with Gasteiger partial charge in [0, 0.05) is 50.8 Å². The van der Waals surface area contributed by atoms with Crippen LogP contribution in [0, 0.1) is 5.41 Å². The van der Waals surface area contributed by atoms with Crippen molar-refractivity contribution >= 4 is 0 Å². The second-order valence-electron chi connectivity index (χ2n) is 6.69. The van der Waals surface area contributed by atoms with Crippen molar-refractivity contribution in [2.45, 2.75) is 25.3 Å². The van der Waals surface area contributed by atoms with Gasteiger partial charge in [0.05, 0.1) is 19.8 Å². The van der Waals surface area contributed by atoms with Gasteiger partial charge >= 0.3 is 0 Å². The number of morpholine rings is 1. The molecular weight excluding hydrogens is 254 g/mol. The molecule has 0 radical (unpaired) electrons. The lowest BCUT2D eigenvalue weighted by Gasteiger charge is -2.39. The Morgan fingerprint density at radius 1 is 1.10 bits per heavy atom. The summed E-state index contributed by atoms with van der Waals surface area (Å²) in [6.07, 6.45) is 3.68. The van der Waals surface area contributed by atoms with Gasteiger partial charge in [-0.2, -0.15) is 0 Å². The smallest absolute Gasteiger partial charge is 0.0594 e. The van der Waals surface area contributed by atoms with Crippen molar-refractivity contribution < 1.29 is 9.47 Å². The van der Waals surface area contributed by atoms with E-state index >= 15 is 0 Å². The Morgan fingerprint density at radius 2 is 1.95 bits per heavy atom. The highest BCUT2D eigenvalue weighted by molar-refractivity contribution is 4.91. The van der Waals surface area contributed by atoms with Gasteiger partial charge in [-0.1, -0.05) is 0 Å². The Hall–Kier alpha value is -0.200. The molecule has 3 aliphatic heterocycles. The Balaban J connectivity index is 1.51. The number of ether oxygens (including phenoxy) is 2. The standard InChI is InChI=1S/C15H29N3O2/c16-11-15(3-1-7-20-13-15)12-17-4-2-14(10-17)18-5-8-19-9-6-18/h14H,1-13,16H2. The van der Waals surface area contributed by atoms with E-state index in [9.17, 15) is 0 Å². The summed E-state index contributed by atoms with van der Waals surface area (Å²) in [4.78, 5) is 5.22. The zero-order valence-corrected chi connectivity index (χ0v) is 12.6. The van der Waals surface area contributed by atoms with Crippen molar-refractivity contribution in [3.05, 3.63) is 0 Å². The molecule has 0 spiro atoms. The lowest BCUT2D eigenvalue weighted by atomic mass is 9.82. The van der Waals surface area contributed by atoms with Gasteiger partial charge in [-0.15, -0.1) is 0 Å². The van der Waals surface area contributed by atoms with Crippen molar-refractivity contribution in [2.24, 2.45) is 11.1 Å². The number of hydrogen-bond acceptors (Lipinski definition) is 5. The third kappa shape index (κ3) is 3.34. The molecule has 0 bridgehead atoms. The van der Waals surface area contributed by atoms with Crippen LogP contribution in [-0.2, 0) is 9.47 Å². The van der Waals surface area contributed by atoms with Gasteiger partial charge in [-0.25, -0.2) is 0 Å². The molecule has 116 valence electrons. The first kappa shape index (κ1) is 14.7. The van der Waals surface area contributed by atoms with Crippen molar-refractivity contribution in [1.82, 2.24) is 9.80 Å². The minimum absolute atomic E-state index is 0.206. The predicted octanol–water partition coefficient (Wildman–Crippen LogP) is 0.148. The van der Waals surface area contributed by atoms with E-state index in [1.54, 1.807) is 0 Å². The second-order valence-corrected chi connectivity index (χ2v) is 6.69. The van der Waals surface area contributed by atoms with Gasteiger partial charge in [0.25, 0.3) is 0 Å². The molecule has 0 aromatic carbocycles. The van der Waals surface area contributed by atoms with Gasteiger partial charge in [-0.05, 0) is 25.8 Å². The Bertz CT molecular complexity index is 301. The Morgan fingerprint density at radius 3 is 2.65 bits per heavy atom. The van der Waals surface area contributed by atoms with Crippen LogP contribution in [0.5, 0.6) is 0 Å². The van der Waals surface area contributed by atoms with E-state index in [0.29, 0.717) is 0 Å². The molecule has 3 rings (SSSR count). The summed E-state index contributed by atoms with van der Waals surface area (Å²) in [5.41, 5.74) is 6.27. The molecule has 2 atom stereocenters. The molecule has 0 aromatic rings. The summed E-state index contributed by atoms with van der Waals surface area (Å²) in [6, 6.07) is 0.721. The van der Waals surface area contributed by atoms with Crippen LogP contribution in [0.2, 0.25) is 0 Å². The van der Waals surface area contributed by atoms with Crippen LogP contribution in [0.3, 0.4) is 0 Å². The Kier molecular flexibility index (Phi) is 4.94. The average Bonchev–Trinajstić information content (AvgIpc) is 2.97. The maximum Gasteiger partial charge on any atom is 0.0594 e. The minimum Gasteiger partial charge on any atom is -0.381 e. The van der Waals surface area contributed by atoms with E-state index in [0.717, 1.165) is 65.1 Å². The molecule has 0 amide bonds. The van der Waals surface area contributed by atoms with Crippen LogP contribution in [0.25, 0.3) is 0 Å². The van der Waals surface area contributed by atoms with Gasteiger partial charge in [0.15, 0.2) is 0 Å². The maximum absolute atomic E-state index is 6.06. The maximum atomic E-state index is 6.06. The number of rotatable bonds is 4. The number of nitrogens with two attached hydrogens (primary N) is 1. The summed E-state index contributed by atoms with van der Waals surface area (Å²) < 4.78 is 11.1. The third-order valence-electron chi connectivity index (χ3n) is 5.21. The normalized spacial score (nSPS) is 37.4. The molecule has 3 saturated heterocycles. The fourth-order valence-electron chi connectivity index (χ4n) is 3.93. The van der Waals surface area contributed by atoms with E-state index in [-0.39, 0.29) is 5.41 Å². The molecule has 0 aromatic heterocycles. The highest BCUT2D eigenvalue weighted by Gasteiger charge is 2.37. The molecule has 5 heteroatoms. The molecular formula is C15H29N3O2. The highest BCUT2D eigenvalue weighted by atomic mass is 16.5. The van der Waals surface area contributed by atoms with E-state index in [2.05, 4.69) is 9.80 Å². The van der Waals surface area contributed by atoms with Gasteiger partial charge in [-0.3, -0.25) is 4.90 Å². The average molecular weight is 283 g/mol. The molecule has 0 aliphatic carbocycles. The SMILES string of the molecule is NCC1(CN2CCC(N3CCOCC3)C2)CCCOC1. The van der Waals surface area contributed by atoms with Crippen molar-refractivity contribution in [3.63, 3.8) is 0 Å². The molecule has 3 heterocycles. The van der Waals surface area contributed by atoms with Crippen LogP contribution >= 0.6 is 0 Å². The first-order valence-corrected chi connectivity index (χ1v) is 8.13. The Labute approximate surface area is 122 Å². The zero-order chi connectivity index (χ0) is 13.8. The molecule has 3 aliphatic rings. The molecule has 2 unspecified atom stereocenters. The van der Waals surface area contributed by atoms with Crippen molar-refractivity contribution in [1.29, 1.82) is 0 Å². The number of likely N-dealkylation sites (tertiary alicyclic amines) is 1. The first-order chi connectivity index (χ1) is 9.81. The second kappa shape index (κ2) is 6.71. The van der Waals surface area contributed by atoms with Crippen LogP contribution in [0.15, 0.2) is 0 Å². The van der Waals surface area contributed by atoms with Gasteiger partial charge in [0.1, 0.15) is 0 Å². The highest BCUT2D eigenvalue weighted by Crippen LogP contribution is 2.30. The van der Waals surface area contributed by atoms with Crippen molar-refractivity contribution in [2.75, 3.05) is 65.7 Å². The zero-order valence-electron chi connectivity index (χ0n) is 12.6. The molecule has 2 N–H and O–H groups in total. The van der Waals surface area contributed by atoms with Crippen LogP contribution in [-0.4, -0.2) is 81.5 Å². The summed E-state index contributed by atoms with van der Waals surface area (Å²) in [6.45, 7) is 10.0. The fraction of sp³-hybridized carbons (Fsp3) is 1.00. The largest absolute Gasteiger partial charge is 0.381 e. The first-order valence-electron chi connectivity index (χ1n) is 8.13. The van der Waals surface area contributed by atoms with E-state index in [1.807, 2.05) is 0 Å². The summed E-state index contributed by atoms with van der Waals surface area (Å²) in [7, 11) is 0. The molecule has 5 nitrogen and oxygen atoms in total. The predicted molar refractivity (Wildman–Crippen MR) is 78.8 cm³/mol. The van der Waals surface area contributed by atoms with Gasteiger partial charge in [0.2, 0.25) is 0 Å². The quantitative estimate of drug-likeness (QED) is 0.796. The lowest BCUT2D eigenvalue weighted by molar-refractivity contribution is -0.0210. The van der Waals surface area contributed by atoms with E-state index in [4.69, 9.17) is 15.2 Å². The van der Waals surface area contributed by atoms with Crippen LogP contribution in [0.1, 0.15) is 19.3 Å². The third-order valence-corrected chi connectivity index (χ3v) is 5.21. The number of nitrogens with zero attached hydrogens (tertiary/aromatic N) is 2. The van der Waals surface area contributed by atoms with Crippen molar-refractivity contribution in [3.8, 4) is 0 Å². The topological polar surface area (TPSA) is 51.0 Å². The summed E-state index contributed by atoms with van der Waals surface area (Å²) in [5, 5.41) is 0. The lowest BCUT2D eigenvalue weighted by Crippen LogP contribution is -2.49. The summed E-state index contributed by atoms with van der Waals surface area (Å²) in [5.74, 6) is 0. The van der Waals surface area contributed by atoms with Gasteiger partial charge < -0.3 is 20.1 Å². The minimum atomic E-state index is 0.206. The molecule has 20 heavy (non-hydrogen) atoms. The molecule has 3 fully saturated rings. The number of hydrogen-bond donors (Lipinski definition) is 1. The monoisotopic (exact) mass is 283 g/mol. The molecule has 0 saturated carbocycles.